The molecule has 0 atom stereocenters. The molecule has 3 heteroatoms. The van der Waals surface area contributed by atoms with E-state index in [4.69, 9.17) is 4.74 Å². The fraction of sp³-hybridized carbons (Fsp3) is 0.500. The zero-order chi connectivity index (χ0) is 12.7. The van der Waals surface area contributed by atoms with Gasteiger partial charge in [0.15, 0.2) is 0 Å². The van der Waals surface area contributed by atoms with E-state index in [0.29, 0.717) is 6.42 Å². The number of carbonyl (C=O) groups excluding carboxylic acids is 1. The molecule has 0 aliphatic rings. The Morgan fingerprint density at radius 2 is 1.94 bits per heavy atom. The molecule has 0 saturated carbocycles. The molecule has 0 unspecified atom stereocenters. The number of Topliss-reactive ketones (excluding diaryl/α,β-unsaturated/α-hetero) is 1. The van der Waals surface area contributed by atoms with E-state index in [1.807, 2.05) is 38.1 Å². The van der Waals surface area contributed by atoms with Gasteiger partial charge in [-0.15, -0.1) is 0 Å². The Balaban J connectivity index is 2.32. The normalized spacial score (nSPS) is 10.6. The standard InChI is InChI=1S/C14H21NO2/c1-11(2)17-14-6-4-13(5-7-14)10-15-9-8-12(3)16/h4-7,11,15H,8-10H2,1-3H3. The number of ether oxygens (including phenoxy) is 1. The van der Waals surface area contributed by atoms with Gasteiger partial charge >= 0.3 is 0 Å². The first kappa shape index (κ1) is 13.7. The van der Waals surface area contributed by atoms with Gasteiger partial charge in [0.05, 0.1) is 6.10 Å². The van der Waals surface area contributed by atoms with Crippen LogP contribution < -0.4 is 10.1 Å². The minimum absolute atomic E-state index is 0.203. The highest BCUT2D eigenvalue weighted by Crippen LogP contribution is 2.13. The molecule has 0 fully saturated rings. The number of rotatable bonds is 7. The maximum Gasteiger partial charge on any atom is 0.131 e. The second-order valence-corrected chi connectivity index (χ2v) is 4.44. The van der Waals surface area contributed by atoms with Gasteiger partial charge in [-0.1, -0.05) is 12.1 Å². The molecule has 0 amide bonds. The van der Waals surface area contributed by atoms with Gasteiger partial charge in [-0.05, 0) is 38.5 Å². The maximum absolute atomic E-state index is 10.7. The summed E-state index contributed by atoms with van der Waals surface area (Å²) in [4.78, 5) is 10.7. The van der Waals surface area contributed by atoms with E-state index in [-0.39, 0.29) is 11.9 Å². The van der Waals surface area contributed by atoms with Gasteiger partial charge < -0.3 is 10.1 Å². The predicted molar refractivity (Wildman–Crippen MR) is 69.2 cm³/mol. The molecule has 3 nitrogen and oxygen atoms in total. The number of carbonyl (C=O) groups is 1. The van der Waals surface area contributed by atoms with Crippen molar-refractivity contribution in [3.63, 3.8) is 0 Å². The molecule has 0 aromatic heterocycles. The molecular weight excluding hydrogens is 214 g/mol. The third-order valence-electron chi connectivity index (χ3n) is 2.28. The zero-order valence-electron chi connectivity index (χ0n) is 10.8. The van der Waals surface area contributed by atoms with Crippen LogP contribution in [0, 0.1) is 0 Å². The van der Waals surface area contributed by atoms with E-state index in [1.165, 1.54) is 5.56 Å². The van der Waals surface area contributed by atoms with Crippen LogP contribution in [-0.4, -0.2) is 18.4 Å². The topological polar surface area (TPSA) is 38.3 Å². The van der Waals surface area contributed by atoms with Crippen LogP contribution in [-0.2, 0) is 11.3 Å². The summed E-state index contributed by atoms with van der Waals surface area (Å²) in [5.41, 5.74) is 1.20. The average Bonchev–Trinajstić information content (AvgIpc) is 2.25. The number of nitrogens with one attached hydrogen (secondary N) is 1. The van der Waals surface area contributed by atoms with E-state index >= 15 is 0 Å². The molecule has 1 aromatic carbocycles. The molecule has 1 rings (SSSR count). The van der Waals surface area contributed by atoms with Crippen LogP contribution in [0.5, 0.6) is 5.75 Å². The molecule has 94 valence electrons. The van der Waals surface area contributed by atoms with Crippen molar-refractivity contribution in [1.82, 2.24) is 5.32 Å². The van der Waals surface area contributed by atoms with E-state index in [2.05, 4.69) is 5.32 Å². The summed E-state index contributed by atoms with van der Waals surface area (Å²) in [6.45, 7) is 7.16. The summed E-state index contributed by atoms with van der Waals surface area (Å²) in [6, 6.07) is 8.03. The molecule has 0 saturated heterocycles. The highest BCUT2D eigenvalue weighted by atomic mass is 16.5. The summed E-state index contributed by atoms with van der Waals surface area (Å²) >= 11 is 0. The Kier molecular flexibility index (Phi) is 5.70. The van der Waals surface area contributed by atoms with Crippen molar-refractivity contribution in [2.75, 3.05) is 6.54 Å². The Morgan fingerprint density at radius 1 is 1.29 bits per heavy atom. The van der Waals surface area contributed by atoms with Crippen molar-refractivity contribution < 1.29 is 9.53 Å². The molecule has 1 N–H and O–H groups in total. The Hall–Kier alpha value is -1.35. The van der Waals surface area contributed by atoms with Gasteiger partial charge in [-0.3, -0.25) is 4.79 Å². The van der Waals surface area contributed by atoms with Crippen LogP contribution in [0.3, 0.4) is 0 Å². The number of ketones is 1. The van der Waals surface area contributed by atoms with E-state index in [9.17, 15) is 4.79 Å². The SMILES string of the molecule is CC(=O)CCNCc1ccc(OC(C)C)cc1. The lowest BCUT2D eigenvalue weighted by Crippen LogP contribution is -2.16. The van der Waals surface area contributed by atoms with E-state index < -0.39 is 0 Å². The maximum atomic E-state index is 10.7. The van der Waals surface area contributed by atoms with E-state index in [1.54, 1.807) is 6.92 Å². The van der Waals surface area contributed by atoms with Crippen LogP contribution in [0.15, 0.2) is 24.3 Å². The first-order chi connectivity index (χ1) is 8.08. The molecule has 1 aromatic rings. The summed E-state index contributed by atoms with van der Waals surface area (Å²) in [5.74, 6) is 1.12. The smallest absolute Gasteiger partial charge is 0.131 e. The first-order valence-corrected chi connectivity index (χ1v) is 6.03. The second kappa shape index (κ2) is 7.07. The lowest BCUT2D eigenvalue weighted by Gasteiger charge is -2.10. The van der Waals surface area contributed by atoms with Gasteiger partial charge in [0.2, 0.25) is 0 Å². The minimum Gasteiger partial charge on any atom is -0.491 e. The van der Waals surface area contributed by atoms with Crippen molar-refractivity contribution in [2.45, 2.75) is 39.8 Å². The van der Waals surface area contributed by atoms with Crippen molar-refractivity contribution in [3.05, 3.63) is 29.8 Å². The van der Waals surface area contributed by atoms with Gasteiger partial charge in [-0.25, -0.2) is 0 Å². The summed E-state index contributed by atoms with van der Waals surface area (Å²) in [7, 11) is 0. The van der Waals surface area contributed by atoms with Crippen molar-refractivity contribution >= 4 is 5.78 Å². The highest BCUT2D eigenvalue weighted by Gasteiger charge is 1.98. The lowest BCUT2D eigenvalue weighted by molar-refractivity contribution is -0.116. The average molecular weight is 235 g/mol. The fourth-order valence-electron chi connectivity index (χ4n) is 1.46. The van der Waals surface area contributed by atoms with Crippen molar-refractivity contribution in [2.24, 2.45) is 0 Å². The van der Waals surface area contributed by atoms with Gasteiger partial charge in [0, 0.05) is 19.5 Å². The van der Waals surface area contributed by atoms with Gasteiger partial charge in [0.25, 0.3) is 0 Å². The van der Waals surface area contributed by atoms with Crippen LogP contribution >= 0.6 is 0 Å². The van der Waals surface area contributed by atoms with Crippen LogP contribution in [0.1, 0.15) is 32.8 Å². The first-order valence-electron chi connectivity index (χ1n) is 6.03. The predicted octanol–water partition coefficient (Wildman–Crippen LogP) is 2.54. The summed E-state index contributed by atoms with van der Waals surface area (Å²) in [6.07, 6.45) is 0.795. The largest absolute Gasteiger partial charge is 0.491 e. The number of hydrogen-bond acceptors (Lipinski definition) is 3. The van der Waals surface area contributed by atoms with Crippen molar-refractivity contribution in [1.29, 1.82) is 0 Å². The van der Waals surface area contributed by atoms with Gasteiger partial charge in [0.1, 0.15) is 11.5 Å². The Bertz CT molecular complexity index is 344. The monoisotopic (exact) mass is 235 g/mol. The van der Waals surface area contributed by atoms with Crippen LogP contribution in [0.2, 0.25) is 0 Å². The quantitative estimate of drug-likeness (QED) is 0.738. The van der Waals surface area contributed by atoms with Crippen molar-refractivity contribution in [3.8, 4) is 5.75 Å². The molecule has 0 radical (unpaired) electrons. The minimum atomic E-state index is 0.203. The second-order valence-electron chi connectivity index (χ2n) is 4.44. The van der Waals surface area contributed by atoms with E-state index in [0.717, 1.165) is 18.8 Å². The fourth-order valence-corrected chi connectivity index (χ4v) is 1.46. The third kappa shape index (κ3) is 6.07. The zero-order valence-corrected chi connectivity index (χ0v) is 10.8. The summed E-state index contributed by atoms with van der Waals surface area (Å²) in [5, 5.41) is 3.23. The Morgan fingerprint density at radius 3 is 2.47 bits per heavy atom. The summed E-state index contributed by atoms with van der Waals surface area (Å²) < 4.78 is 5.56. The van der Waals surface area contributed by atoms with Gasteiger partial charge in [-0.2, -0.15) is 0 Å². The molecule has 17 heavy (non-hydrogen) atoms. The lowest BCUT2D eigenvalue weighted by atomic mass is 10.2. The third-order valence-corrected chi connectivity index (χ3v) is 2.28. The molecule has 0 bridgehead atoms. The van der Waals surface area contributed by atoms with Crippen LogP contribution in [0.4, 0.5) is 0 Å². The Labute approximate surface area is 103 Å². The molecule has 0 aliphatic carbocycles. The van der Waals surface area contributed by atoms with Crippen LogP contribution in [0.25, 0.3) is 0 Å². The number of benzene rings is 1. The molecular formula is C14H21NO2. The number of hydrogen-bond donors (Lipinski definition) is 1. The molecule has 0 spiro atoms. The molecule has 0 heterocycles. The molecule has 0 aliphatic heterocycles. The highest BCUT2D eigenvalue weighted by molar-refractivity contribution is 5.75.